The van der Waals surface area contributed by atoms with Crippen molar-refractivity contribution in [2.75, 3.05) is 25.2 Å². The molecule has 242 valence electrons. The van der Waals surface area contributed by atoms with Crippen molar-refractivity contribution >= 4 is 38.4 Å². The van der Waals surface area contributed by atoms with Crippen LogP contribution in [0.1, 0.15) is 39.5 Å². The molecule has 4 aromatic rings. The number of aryl methyl sites for hydroxylation is 1. The van der Waals surface area contributed by atoms with Crippen LogP contribution in [0.5, 0.6) is 17.2 Å². The number of pyridine rings is 1. The van der Waals surface area contributed by atoms with E-state index in [1.807, 2.05) is 0 Å². The lowest BCUT2D eigenvalue weighted by atomic mass is 10.0. The lowest BCUT2D eigenvalue weighted by Gasteiger charge is -2.19. The molecule has 1 aliphatic heterocycles. The molecule has 46 heavy (non-hydrogen) atoms. The van der Waals surface area contributed by atoms with Gasteiger partial charge in [-0.1, -0.05) is 30.3 Å². The summed E-state index contributed by atoms with van der Waals surface area (Å²) < 4.78 is 83.7. The zero-order valence-electron chi connectivity index (χ0n) is 25.1. The van der Waals surface area contributed by atoms with Gasteiger partial charge in [0.15, 0.2) is 12.4 Å². The molecule has 14 heteroatoms. The average molecular weight is 658 g/mol. The van der Waals surface area contributed by atoms with Crippen molar-refractivity contribution in [3.8, 4) is 17.2 Å². The van der Waals surface area contributed by atoms with Crippen molar-refractivity contribution < 1.29 is 45.4 Å². The van der Waals surface area contributed by atoms with Crippen molar-refractivity contribution in [2.24, 2.45) is 0 Å². The molecular weight excluding hydrogens is 627 g/mol. The maximum absolute atomic E-state index is 13.9. The first-order chi connectivity index (χ1) is 21.8. The van der Waals surface area contributed by atoms with Gasteiger partial charge >= 0.3 is 6.18 Å². The largest absolute Gasteiger partial charge is 0.496 e. The van der Waals surface area contributed by atoms with Gasteiger partial charge in [0.2, 0.25) is 15.9 Å². The number of anilines is 1. The van der Waals surface area contributed by atoms with Gasteiger partial charge in [-0.2, -0.15) is 13.2 Å². The third-order valence-electron chi connectivity index (χ3n) is 7.24. The van der Waals surface area contributed by atoms with Gasteiger partial charge in [0.1, 0.15) is 17.0 Å². The number of rotatable bonds is 11. The summed E-state index contributed by atoms with van der Waals surface area (Å²) in [6.45, 7) is 1.97. The highest BCUT2D eigenvalue weighted by Gasteiger charge is 2.39. The standard InChI is InChI=1S/C32H30F3N3O7S/c1-4-44-30-23-16-38(31(40)27(23)29(45-18-32(33,34)35)22-9-7-13-36-28(22)30)24-12-11-20(14-19(24)2)17-46(41,42)37-26(39)15-21-8-5-6-10-25(21)43-3/h5-14H,4,15-18H2,1-3H3,(H,37,39). The van der Waals surface area contributed by atoms with Crippen LogP contribution < -0.4 is 23.8 Å². The van der Waals surface area contributed by atoms with Crippen LogP contribution in [0.25, 0.3) is 10.9 Å². The molecule has 10 nitrogen and oxygen atoms in total. The number of methoxy groups -OCH3 is 1. The molecule has 0 radical (unpaired) electrons. The van der Waals surface area contributed by atoms with E-state index in [0.29, 0.717) is 33.7 Å². The molecule has 3 aromatic carbocycles. The van der Waals surface area contributed by atoms with Gasteiger partial charge in [0, 0.05) is 28.4 Å². The lowest BCUT2D eigenvalue weighted by Crippen LogP contribution is -2.33. The Morgan fingerprint density at radius 3 is 2.52 bits per heavy atom. The Hall–Kier alpha value is -4.85. The Morgan fingerprint density at radius 1 is 1.07 bits per heavy atom. The van der Waals surface area contributed by atoms with E-state index < -0.39 is 40.4 Å². The number of carbonyl (C=O) groups excluding carboxylic acids is 2. The maximum Gasteiger partial charge on any atom is 0.422 e. The van der Waals surface area contributed by atoms with Crippen LogP contribution in [0.4, 0.5) is 18.9 Å². The Labute approximate surface area is 263 Å². The first-order valence-electron chi connectivity index (χ1n) is 14.1. The summed E-state index contributed by atoms with van der Waals surface area (Å²) in [5.41, 5.74) is 2.34. The topological polar surface area (TPSA) is 124 Å². The van der Waals surface area contributed by atoms with Crippen molar-refractivity contribution in [3.05, 3.63) is 88.6 Å². The summed E-state index contributed by atoms with van der Waals surface area (Å²) in [4.78, 5) is 32.1. The molecule has 1 N–H and O–H groups in total. The minimum Gasteiger partial charge on any atom is -0.496 e. The van der Waals surface area contributed by atoms with Crippen molar-refractivity contribution in [1.29, 1.82) is 0 Å². The predicted octanol–water partition coefficient (Wildman–Crippen LogP) is 5.24. The van der Waals surface area contributed by atoms with Gasteiger partial charge in [-0.05, 0) is 49.2 Å². The van der Waals surface area contributed by atoms with E-state index >= 15 is 0 Å². The van der Waals surface area contributed by atoms with Gasteiger partial charge in [-0.3, -0.25) is 19.3 Å². The summed E-state index contributed by atoms with van der Waals surface area (Å²) in [6.07, 6.45) is -3.39. The summed E-state index contributed by atoms with van der Waals surface area (Å²) in [5, 5.41) is 0.203. The number of benzene rings is 3. The summed E-state index contributed by atoms with van der Waals surface area (Å²) in [7, 11) is -2.64. The Bertz CT molecular complexity index is 1930. The smallest absolute Gasteiger partial charge is 0.422 e. The van der Waals surface area contributed by atoms with Crippen LogP contribution in [0.15, 0.2) is 60.8 Å². The van der Waals surface area contributed by atoms with Crippen LogP contribution in [0.2, 0.25) is 0 Å². The number of sulfonamides is 1. The Morgan fingerprint density at radius 2 is 1.83 bits per heavy atom. The second kappa shape index (κ2) is 12.9. The van der Waals surface area contributed by atoms with E-state index in [4.69, 9.17) is 14.2 Å². The van der Waals surface area contributed by atoms with Gasteiger partial charge in [-0.15, -0.1) is 0 Å². The lowest BCUT2D eigenvalue weighted by molar-refractivity contribution is -0.153. The Kier molecular flexibility index (Phi) is 9.10. The van der Waals surface area contributed by atoms with Gasteiger partial charge in [0.25, 0.3) is 5.91 Å². The normalized spacial score (nSPS) is 13.1. The highest BCUT2D eigenvalue weighted by Crippen LogP contribution is 2.46. The molecule has 5 rings (SSSR count). The van der Waals surface area contributed by atoms with Crippen LogP contribution >= 0.6 is 0 Å². The van der Waals surface area contributed by atoms with Crippen LogP contribution in [0.3, 0.4) is 0 Å². The summed E-state index contributed by atoms with van der Waals surface area (Å²) in [5.74, 6) is -1.36. The van der Waals surface area contributed by atoms with E-state index in [9.17, 15) is 31.2 Å². The first-order valence-corrected chi connectivity index (χ1v) is 15.8. The number of fused-ring (bicyclic) bond motifs is 2. The fraction of sp³-hybridized carbons (Fsp3) is 0.281. The maximum atomic E-state index is 13.9. The molecule has 0 fully saturated rings. The molecule has 2 heterocycles. The molecule has 1 aliphatic rings. The SMILES string of the molecule is CCOc1c2c(c(OCC(F)(F)F)c3cccnc13)C(=O)N(c1ccc(CS(=O)(=O)NC(=O)Cc3ccccc3OC)cc1C)C2. The van der Waals surface area contributed by atoms with E-state index in [-0.39, 0.29) is 47.5 Å². The van der Waals surface area contributed by atoms with Crippen LogP contribution in [-0.2, 0) is 33.5 Å². The number of nitrogens with one attached hydrogen (secondary N) is 1. The number of alkyl halides is 3. The van der Waals surface area contributed by atoms with Crippen LogP contribution in [0, 0.1) is 6.92 Å². The van der Waals surface area contributed by atoms with Gasteiger partial charge in [0.05, 0.1) is 38.0 Å². The number of para-hydroxylation sites is 1. The van der Waals surface area contributed by atoms with Crippen molar-refractivity contribution in [1.82, 2.24) is 9.71 Å². The zero-order valence-corrected chi connectivity index (χ0v) is 25.9. The average Bonchev–Trinajstić information content (AvgIpc) is 3.32. The molecule has 0 bridgehead atoms. The van der Waals surface area contributed by atoms with Crippen LogP contribution in [-0.4, -0.2) is 51.7 Å². The van der Waals surface area contributed by atoms with Crippen molar-refractivity contribution in [2.45, 2.75) is 38.7 Å². The quantitative estimate of drug-likeness (QED) is 0.232. The number of halogens is 3. The minimum absolute atomic E-state index is 0.0458. The third kappa shape index (κ3) is 6.86. The van der Waals surface area contributed by atoms with Gasteiger partial charge < -0.3 is 19.1 Å². The highest BCUT2D eigenvalue weighted by atomic mass is 32.2. The van der Waals surface area contributed by atoms with Gasteiger partial charge in [-0.25, -0.2) is 8.42 Å². The van der Waals surface area contributed by atoms with E-state index in [2.05, 4.69) is 9.71 Å². The van der Waals surface area contributed by atoms with E-state index in [1.165, 1.54) is 36.4 Å². The third-order valence-corrected chi connectivity index (χ3v) is 8.49. The molecular formula is C32H30F3N3O7S. The second-order valence-corrected chi connectivity index (χ2v) is 12.3. The number of carbonyl (C=O) groups is 2. The fourth-order valence-corrected chi connectivity index (χ4v) is 6.54. The zero-order chi connectivity index (χ0) is 33.2. The number of hydrogen-bond acceptors (Lipinski definition) is 8. The number of aromatic nitrogens is 1. The van der Waals surface area contributed by atoms with Crippen molar-refractivity contribution in [3.63, 3.8) is 0 Å². The predicted molar refractivity (Wildman–Crippen MR) is 164 cm³/mol. The number of hydrogen-bond donors (Lipinski definition) is 1. The second-order valence-electron chi connectivity index (χ2n) is 10.5. The molecule has 0 unspecified atom stereocenters. The fourth-order valence-electron chi connectivity index (χ4n) is 5.44. The highest BCUT2D eigenvalue weighted by molar-refractivity contribution is 7.89. The summed E-state index contributed by atoms with van der Waals surface area (Å²) in [6, 6.07) is 14.4. The molecule has 1 aromatic heterocycles. The molecule has 0 saturated heterocycles. The first kappa shape index (κ1) is 32.5. The minimum atomic E-state index is -4.65. The monoisotopic (exact) mass is 657 g/mol. The molecule has 0 atom stereocenters. The number of amides is 2. The summed E-state index contributed by atoms with van der Waals surface area (Å²) >= 11 is 0. The molecule has 2 amide bonds. The molecule has 0 aliphatic carbocycles. The number of ether oxygens (including phenoxy) is 3. The molecule has 0 spiro atoms. The Balaban J connectivity index is 1.41. The van der Waals surface area contributed by atoms with E-state index in [0.717, 1.165) is 0 Å². The molecule has 0 saturated carbocycles. The van der Waals surface area contributed by atoms with E-state index in [1.54, 1.807) is 50.2 Å². The number of nitrogens with zero attached hydrogens (tertiary/aromatic N) is 2.